The van der Waals surface area contributed by atoms with Gasteiger partial charge in [0.2, 0.25) is 0 Å². The van der Waals surface area contributed by atoms with Crippen molar-refractivity contribution in [3.8, 4) is 56.2 Å². The van der Waals surface area contributed by atoms with Gasteiger partial charge in [0.15, 0.2) is 5.82 Å². The second-order valence-electron chi connectivity index (χ2n) is 14.6. The summed E-state index contributed by atoms with van der Waals surface area (Å²) in [5.41, 5.74) is 13.4. The summed E-state index contributed by atoms with van der Waals surface area (Å²) in [6, 6.07) is 68.1. The molecule has 1 unspecified atom stereocenters. The van der Waals surface area contributed by atoms with Crippen molar-refractivity contribution < 1.29 is 0 Å². The molecule has 2 heterocycles. The number of thiophene rings is 1. The van der Waals surface area contributed by atoms with E-state index in [-0.39, 0.29) is 5.41 Å². The molecule has 0 amide bonds. The Morgan fingerprint density at radius 1 is 0.400 bits per heavy atom. The van der Waals surface area contributed by atoms with Crippen LogP contribution in [0.25, 0.3) is 87.1 Å². The van der Waals surface area contributed by atoms with Crippen LogP contribution in [0.3, 0.4) is 0 Å². The van der Waals surface area contributed by atoms with Crippen LogP contribution in [0.4, 0.5) is 0 Å². The largest absolute Gasteiger partial charge is 0.228 e. The zero-order valence-corrected chi connectivity index (χ0v) is 31.0. The fraction of sp³-hybridized carbons (Fsp3) is 0.0385. The van der Waals surface area contributed by atoms with Gasteiger partial charge in [-0.3, -0.25) is 0 Å². The molecule has 0 N–H and O–H groups in total. The van der Waals surface area contributed by atoms with E-state index in [2.05, 4.69) is 195 Å². The van der Waals surface area contributed by atoms with Gasteiger partial charge in [0.1, 0.15) is 0 Å². The number of fused-ring (bicyclic) bond motifs is 7. The first kappa shape index (κ1) is 31.8. The molecule has 3 heteroatoms. The van der Waals surface area contributed by atoms with E-state index in [1.807, 2.05) is 11.3 Å². The first-order valence-electron chi connectivity index (χ1n) is 18.8. The predicted octanol–water partition coefficient (Wildman–Crippen LogP) is 14.0. The number of nitrogens with zero attached hydrogens (tertiary/aromatic N) is 2. The van der Waals surface area contributed by atoms with Crippen LogP contribution in [0.5, 0.6) is 0 Å². The second-order valence-corrected chi connectivity index (χ2v) is 15.7. The summed E-state index contributed by atoms with van der Waals surface area (Å²) in [4.78, 5) is 10.8. The molecule has 2 nitrogen and oxygen atoms in total. The molecule has 11 rings (SSSR count). The van der Waals surface area contributed by atoms with Crippen LogP contribution < -0.4 is 0 Å². The molecule has 1 aliphatic carbocycles. The molecule has 55 heavy (non-hydrogen) atoms. The Bertz CT molecular complexity index is 3120. The highest BCUT2D eigenvalue weighted by Crippen LogP contribution is 2.53. The molecule has 0 bridgehead atoms. The first-order valence-corrected chi connectivity index (χ1v) is 19.6. The number of hydrogen-bond acceptors (Lipinski definition) is 3. The summed E-state index contributed by atoms with van der Waals surface area (Å²) in [7, 11) is 0. The van der Waals surface area contributed by atoms with E-state index in [1.54, 1.807) is 0 Å². The molecule has 0 spiro atoms. The van der Waals surface area contributed by atoms with Crippen LogP contribution in [-0.4, -0.2) is 9.97 Å². The lowest BCUT2D eigenvalue weighted by atomic mass is 9.74. The maximum atomic E-state index is 5.41. The summed E-state index contributed by atoms with van der Waals surface area (Å²) < 4.78 is 2.61. The maximum absolute atomic E-state index is 5.41. The van der Waals surface area contributed by atoms with Gasteiger partial charge in [0, 0.05) is 42.3 Å². The molecule has 0 saturated carbocycles. The average molecular weight is 719 g/mol. The normalized spacial score (nSPS) is 14.7. The van der Waals surface area contributed by atoms with E-state index in [1.165, 1.54) is 58.9 Å². The van der Waals surface area contributed by atoms with E-state index in [4.69, 9.17) is 9.97 Å². The molecule has 2 aromatic heterocycles. The minimum atomic E-state index is -0.311. The molecule has 0 saturated heterocycles. The third kappa shape index (κ3) is 5.01. The number of hydrogen-bond donors (Lipinski definition) is 0. The van der Waals surface area contributed by atoms with Gasteiger partial charge in [-0.25, -0.2) is 9.97 Å². The molecule has 10 aromatic rings. The third-order valence-electron chi connectivity index (χ3n) is 11.6. The number of rotatable bonds is 5. The van der Waals surface area contributed by atoms with Gasteiger partial charge in [0.05, 0.1) is 11.4 Å². The Morgan fingerprint density at radius 3 is 1.93 bits per heavy atom. The zero-order valence-electron chi connectivity index (χ0n) is 30.2. The summed E-state index contributed by atoms with van der Waals surface area (Å²) >= 11 is 1.85. The van der Waals surface area contributed by atoms with E-state index >= 15 is 0 Å². The van der Waals surface area contributed by atoms with Crippen molar-refractivity contribution in [3.63, 3.8) is 0 Å². The lowest BCUT2D eigenvalue weighted by Crippen LogP contribution is -2.22. The molecule has 0 fully saturated rings. The molecule has 0 radical (unpaired) electrons. The smallest absolute Gasteiger partial charge is 0.161 e. The molecule has 1 aliphatic rings. The minimum absolute atomic E-state index is 0.311. The van der Waals surface area contributed by atoms with Crippen molar-refractivity contribution in [2.24, 2.45) is 0 Å². The molecule has 8 aromatic carbocycles. The topological polar surface area (TPSA) is 25.8 Å². The van der Waals surface area contributed by atoms with Crippen LogP contribution >= 0.6 is 11.3 Å². The standard InChI is InChI=1S/C52H34N2S/c1-52(36-16-3-2-4-17-36)45-24-11-9-20-39(45)40-28-26-35(31-46(40)52)47-32-48(54-51(53-47)43-23-13-15-33-14-5-6-18-37(33)43)41-21-8-7-19-38(41)34-27-29-50-44(30-34)42-22-10-12-25-49(42)55-50/h2-32H,1H3. The number of aromatic nitrogens is 2. The van der Waals surface area contributed by atoms with Crippen molar-refractivity contribution in [2.45, 2.75) is 12.3 Å². The Labute approximate surface area is 324 Å². The van der Waals surface area contributed by atoms with Crippen LogP contribution in [0.15, 0.2) is 188 Å². The second kappa shape index (κ2) is 12.4. The van der Waals surface area contributed by atoms with Gasteiger partial charge in [0.25, 0.3) is 0 Å². The van der Waals surface area contributed by atoms with Gasteiger partial charge in [-0.2, -0.15) is 0 Å². The monoisotopic (exact) mass is 718 g/mol. The van der Waals surface area contributed by atoms with Crippen LogP contribution in [0, 0.1) is 0 Å². The van der Waals surface area contributed by atoms with Crippen molar-refractivity contribution in [3.05, 3.63) is 205 Å². The SMILES string of the molecule is CC1(c2ccccc2)c2ccccc2-c2ccc(-c3cc(-c4ccccc4-c4ccc5sc6ccccc6c5c4)nc(-c4cccc5ccccc45)n3)cc21. The Balaban J connectivity index is 1.14. The van der Waals surface area contributed by atoms with E-state index in [9.17, 15) is 0 Å². The van der Waals surface area contributed by atoms with Crippen molar-refractivity contribution in [2.75, 3.05) is 0 Å². The zero-order chi connectivity index (χ0) is 36.5. The Morgan fingerprint density at radius 2 is 1.04 bits per heavy atom. The molecular weight excluding hydrogens is 685 g/mol. The summed E-state index contributed by atoms with van der Waals surface area (Å²) in [6.45, 7) is 2.37. The van der Waals surface area contributed by atoms with E-state index in [0.29, 0.717) is 5.82 Å². The molecule has 258 valence electrons. The van der Waals surface area contributed by atoms with Gasteiger partial charge in [-0.15, -0.1) is 11.3 Å². The highest BCUT2D eigenvalue weighted by molar-refractivity contribution is 7.25. The van der Waals surface area contributed by atoms with Crippen LogP contribution in [0.2, 0.25) is 0 Å². The fourth-order valence-electron chi connectivity index (χ4n) is 8.86. The Hall–Kier alpha value is -6.68. The van der Waals surface area contributed by atoms with Crippen molar-refractivity contribution in [1.82, 2.24) is 9.97 Å². The highest BCUT2D eigenvalue weighted by Gasteiger charge is 2.40. The van der Waals surface area contributed by atoms with Crippen LogP contribution in [0.1, 0.15) is 23.6 Å². The molecular formula is C52H34N2S. The minimum Gasteiger partial charge on any atom is -0.228 e. The lowest BCUT2D eigenvalue weighted by Gasteiger charge is -2.28. The van der Waals surface area contributed by atoms with Gasteiger partial charge < -0.3 is 0 Å². The Kier molecular flexibility index (Phi) is 7.20. The molecule has 1 atom stereocenters. The number of benzene rings is 8. The third-order valence-corrected chi connectivity index (χ3v) is 12.8. The average Bonchev–Trinajstić information content (AvgIpc) is 3.76. The quantitative estimate of drug-likeness (QED) is 0.177. The fourth-order valence-corrected chi connectivity index (χ4v) is 9.95. The predicted molar refractivity (Wildman–Crippen MR) is 232 cm³/mol. The van der Waals surface area contributed by atoms with Crippen molar-refractivity contribution >= 4 is 42.3 Å². The van der Waals surface area contributed by atoms with E-state index < -0.39 is 0 Å². The summed E-state index contributed by atoms with van der Waals surface area (Å²) in [5, 5.41) is 4.89. The van der Waals surface area contributed by atoms with Crippen molar-refractivity contribution in [1.29, 1.82) is 0 Å². The van der Waals surface area contributed by atoms with Gasteiger partial charge >= 0.3 is 0 Å². The molecule has 0 aliphatic heterocycles. The maximum Gasteiger partial charge on any atom is 0.161 e. The van der Waals surface area contributed by atoms with Gasteiger partial charge in [-0.1, -0.05) is 158 Å². The summed E-state index contributed by atoms with van der Waals surface area (Å²) in [6.07, 6.45) is 0. The van der Waals surface area contributed by atoms with Crippen LogP contribution in [-0.2, 0) is 5.41 Å². The summed E-state index contributed by atoms with van der Waals surface area (Å²) in [5.74, 6) is 0.716. The van der Waals surface area contributed by atoms with Gasteiger partial charge in [-0.05, 0) is 87.0 Å². The lowest BCUT2D eigenvalue weighted by molar-refractivity contribution is 0.714. The van der Waals surface area contributed by atoms with E-state index in [0.717, 1.165) is 39.0 Å². The highest BCUT2D eigenvalue weighted by atomic mass is 32.1. The first-order chi connectivity index (χ1) is 27.1.